The molecule has 0 spiro atoms. The summed E-state index contributed by atoms with van der Waals surface area (Å²) in [6.07, 6.45) is 3.69. The highest BCUT2D eigenvalue weighted by atomic mass is 16.5. The maximum Gasteiger partial charge on any atom is 0.199 e. The Morgan fingerprint density at radius 2 is 1.84 bits per heavy atom. The first-order valence-electron chi connectivity index (χ1n) is 11.4. The molecule has 0 radical (unpaired) electrons. The van der Waals surface area contributed by atoms with Crippen LogP contribution in [0.4, 0.5) is 5.69 Å². The van der Waals surface area contributed by atoms with E-state index in [1.165, 1.54) is 30.4 Å². The molecule has 0 aromatic heterocycles. The maximum atomic E-state index is 5.94. The molecule has 1 heterocycles. The Balaban J connectivity index is 1.70. The number of aliphatic imine (C=N–C) groups is 1. The predicted molar refractivity (Wildman–Crippen MR) is 130 cm³/mol. The van der Waals surface area contributed by atoms with Gasteiger partial charge in [-0.2, -0.15) is 0 Å². The molecule has 1 unspecified atom stereocenters. The molecule has 0 saturated carbocycles. The van der Waals surface area contributed by atoms with Gasteiger partial charge in [-0.05, 0) is 74.9 Å². The number of benzene rings is 2. The van der Waals surface area contributed by atoms with E-state index in [0.29, 0.717) is 19.2 Å². The van der Waals surface area contributed by atoms with Crippen molar-refractivity contribution in [1.29, 1.82) is 0 Å². The van der Waals surface area contributed by atoms with Crippen molar-refractivity contribution in [3.8, 4) is 5.75 Å². The third-order valence-electron chi connectivity index (χ3n) is 5.95. The topological polar surface area (TPSA) is 62.9 Å². The van der Waals surface area contributed by atoms with Crippen LogP contribution in [0.2, 0.25) is 0 Å². The van der Waals surface area contributed by atoms with Crippen molar-refractivity contribution in [3.63, 3.8) is 0 Å². The second-order valence-corrected chi connectivity index (χ2v) is 9.46. The van der Waals surface area contributed by atoms with Gasteiger partial charge in [-0.25, -0.2) is 4.99 Å². The van der Waals surface area contributed by atoms with Crippen molar-refractivity contribution in [3.05, 3.63) is 59.7 Å². The van der Waals surface area contributed by atoms with Crippen LogP contribution in [0, 0.1) is 12.3 Å². The smallest absolute Gasteiger partial charge is 0.199 e. The third-order valence-corrected chi connectivity index (χ3v) is 5.95. The predicted octanol–water partition coefficient (Wildman–Crippen LogP) is 5.01. The minimum absolute atomic E-state index is 0.0213. The van der Waals surface area contributed by atoms with Crippen LogP contribution in [0.15, 0.2) is 53.5 Å². The van der Waals surface area contributed by atoms with Crippen LogP contribution in [0.25, 0.3) is 0 Å². The van der Waals surface area contributed by atoms with Crippen LogP contribution < -0.4 is 15.8 Å². The number of piperidine rings is 1. The molecule has 31 heavy (non-hydrogen) atoms. The fourth-order valence-corrected chi connectivity index (χ4v) is 3.60. The number of hydrogen-bond donors (Lipinski definition) is 2. The molecular formula is C26H38N4O. The van der Waals surface area contributed by atoms with Crippen LogP contribution in [-0.2, 0) is 6.61 Å². The number of nitrogens with one attached hydrogen (secondary N) is 1. The van der Waals surface area contributed by atoms with Gasteiger partial charge in [0.1, 0.15) is 12.4 Å². The molecule has 1 aliphatic rings. The second kappa shape index (κ2) is 10.7. The van der Waals surface area contributed by atoms with Gasteiger partial charge in [-0.3, -0.25) is 0 Å². The van der Waals surface area contributed by atoms with E-state index in [1.54, 1.807) is 0 Å². The van der Waals surface area contributed by atoms with E-state index in [9.17, 15) is 0 Å². The van der Waals surface area contributed by atoms with Gasteiger partial charge in [0.05, 0.1) is 5.69 Å². The first kappa shape index (κ1) is 23.1. The Bertz CT molecular complexity index is 843. The summed E-state index contributed by atoms with van der Waals surface area (Å²) in [5, 5.41) is 3.59. The van der Waals surface area contributed by atoms with E-state index in [2.05, 4.69) is 62.2 Å². The quantitative estimate of drug-likeness (QED) is 0.486. The second-order valence-electron chi connectivity index (χ2n) is 9.46. The van der Waals surface area contributed by atoms with Crippen LogP contribution in [0.5, 0.6) is 5.75 Å². The minimum Gasteiger partial charge on any atom is -0.489 e. The third kappa shape index (κ3) is 7.00. The molecule has 0 amide bonds. The maximum absolute atomic E-state index is 5.94. The van der Waals surface area contributed by atoms with Crippen LogP contribution in [-0.4, -0.2) is 36.5 Å². The Hall–Kier alpha value is -2.53. The Morgan fingerprint density at radius 3 is 2.48 bits per heavy atom. The molecule has 0 aliphatic carbocycles. The van der Waals surface area contributed by atoms with Crippen molar-refractivity contribution in [2.75, 3.05) is 19.6 Å². The van der Waals surface area contributed by atoms with Crippen LogP contribution in [0.3, 0.4) is 0 Å². The zero-order chi connectivity index (χ0) is 22.3. The van der Waals surface area contributed by atoms with Crippen molar-refractivity contribution in [1.82, 2.24) is 10.2 Å². The number of nitrogens with zero attached hydrogens (tertiary/aromatic N) is 2. The van der Waals surface area contributed by atoms with Crippen molar-refractivity contribution >= 4 is 11.6 Å². The Labute approximate surface area is 187 Å². The Morgan fingerprint density at radius 1 is 1.13 bits per heavy atom. The number of ether oxygens (including phenoxy) is 1. The standard InChI is InChI=1S/C26H38N4O/c1-20-8-10-22(11-9-20)17-31-24-14-12-23(13-15-24)29-25(28-19-26(3,4)18-27)30-16-6-5-7-21(30)2/h8-15,21H,5-7,16-19,27H2,1-4H3,(H,28,29). The largest absolute Gasteiger partial charge is 0.489 e. The number of rotatable bonds is 7. The summed E-state index contributed by atoms with van der Waals surface area (Å²) >= 11 is 0. The van der Waals surface area contributed by atoms with Gasteiger partial charge in [0, 0.05) is 19.1 Å². The SMILES string of the molecule is Cc1ccc(COc2ccc(/N=C(/NCC(C)(C)CN)N3CCCCC3C)cc2)cc1. The van der Waals surface area contributed by atoms with Gasteiger partial charge < -0.3 is 20.7 Å². The van der Waals surface area contributed by atoms with Gasteiger partial charge in [0.15, 0.2) is 5.96 Å². The molecule has 5 nitrogen and oxygen atoms in total. The molecule has 0 bridgehead atoms. The lowest BCUT2D eigenvalue weighted by atomic mass is 9.94. The van der Waals surface area contributed by atoms with Gasteiger partial charge >= 0.3 is 0 Å². The number of guanidine groups is 1. The van der Waals surface area contributed by atoms with Crippen molar-refractivity contribution < 1.29 is 4.74 Å². The molecule has 1 saturated heterocycles. The lowest BCUT2D eigenvalue weighted by Crippen LogP contribution is -2.51. The summed E-state index contributed by atoms with van der Waals surface area (Å²) in [7, 11) is 0. The number of likely N-dealkylation sites (tertiary alicyclic amines) is 1. The summed E-state index contributed by atoms with van der Waals surface area (Å²) in [5.41, 5.74) is 9.31. The highest BCUT2D eigenvalue weighted by Crippen LogP contribution is 2.22. The van der Waals surface area contributed by atoms with Gasteiger partial charge in [0.2, 0.25) is 0 Å². The Kier molecular flexibility index (Phi) is 7.97. The van der Waals surface area contributed by atoms with E-state index in [0.717, 1.165) is 30.5 Å². The summed E-state index contributed by atoms with van der Waals surface area (Å²) in [6, 6.07) is 16.9. The lowest BCUT2D eigenvalue weighted by molar-refractivity contribution is 0.246. The first-order valence-corrected chi connectivity index (χ1v) is 11.4. The average Bonchev–Trinajstić information content (AvgIpc) is 2.78. The fourth-order valence-electron chi connectivity index (χ4n) is 3.60. The van der Waals surface area contributed by atoms with E-state index in [4.69, 9.17) is 15.5 Å². The van der Waals surface area contributed by atoms with E-state index >= 15 is 0 Å². The summed E-state index contributed by atoms with van der Waals surface area (Å²) in [4.78, 5) is 7.37. The van der Waals surface area contributed by atoms with Crippen LogP contribution >= 0.6 is 0 Å². The van der Waals surface area contributed by atoms with Gasteiger partial charge in [-0.1, -0.05) is 43.7 Å². The highest BCUT2D eigenvalue weighted by molar-refractivity contribution is 5.83. The molecule has 2 aromatic rings. The molecule has 1 atom stereocenters. The van der Waals surface area contributed by atoms with E-state index in [-0.39, 0.29) is 5.41 Å². The molecule has 2 aromatic carbocycles. The zero-order valence-corrected chi connectivity index (χ0v) is 19.5. The summed E-state index contributed by atoms with van der Waals surface area (Å²) < 4.78 is 5.94. The molecule has 1 aliphatic heterocycles. The number of nitrogens with two attached hydrogens (primary N) is 1. The monoisotopic (exact) mass is 422 g/mol. The highest BCUT2D eigenvalue weighted by Gasteiger charge is 2.24. The summed E-state index contributed by atoms with van der Waals surface area (Å²) in [6.45, 7) is 11.8. The summed E-state index contributed by atoms with van der Waals surface area (Å²) in [5.74, 6) is 1.80. The molecule has 1 fully saturated rings. The normalized spacial score (nSPS) is 17.5. The number of aryl methyl sites for hydroxylation is 1. The van der Waals surface area contributed by atoms with Gasteiger partial charge in [0.25, 0.3) is 0 Å². The average molecular weight is 423 g/mol. The van der Waals surface area contributed by atoms with Crippen molar-refractivity contribution in [2.45, 2.75) is 59.6 Å². The molecule has 3 N–H and O–H groups in total. The fraction of sp³-hybridized carbons (Fsp3) is 0.500. The van der Waals surface area contributed by atoms with Crippen molar-refractivity contribution in [2.24, 2.45) is 16.1 Å². The van der Waals surface area contributed by atoms with E-state index in [1.807, 2.05) is 24.3 Å². The molecular weight excluding hydrogens is 384 g/mol. The zero-order valence-electron chi connectivity index (χ0n) is 19.5. The number of hydrogen-bond acceptors (Lipinski definition) is 3. The first-order chi connectivity index (χ1) is 14.9. The lowest BCUT2D eigenvalue weighted by Gasteiger charge is -2.37. The van der Waals surface area contributed by atoms with Gasteiger partial charge in [-0.15, -0.1) is 0 Å². The van der Waals surface area contributed by atoms with Crippen LogP contribution in [0.1, 0.15) is 51.2 Å². The molecule has 168 valence electrons. The van der Waals surface area contributed by atoms with E-state index < -0.39 is 0 Å². The minimum atomic E-state index is 0.0213. The molecule has 3 rings (SSSR count). The molecule has 5 heteroatoms.